The van der Waals surface area contributed by atoms with Crippen LogP contribution in [0, 0.1) is 13.8 Å². The Kier molecular flexibility index (Phi) is 6.38. The lowest BCUT2D eigenvalue weighted by Crippen LogP contribution is -2.43. The molecule has 2 aromatic heterocycles. The fraction of sp³-hybridized carbons (Fsp3) is 0.263. The van der Waals surface area contributed by atoms with E-state index >= 15 is 0 Å². The summed E-state index contributed by atoms with van der Waals surface area (Å²) in [6.07, 6.45) is 0.379. The fourth-order valence-electron chi connectivity index (χ4n) is 2.27. The number of hydrogen-bond acceptors (Lipinski definition) is 7. The van der Waals surface area contributed by atoms with Gasteiger partial charge in [-0.2, -0.15) is 4.98 Å². The summed E-state index contributed by atoms with van der Waals surface area (Å²) in [5, 5.41) is 5.80. The first-order chi connectivity index (χ1) is 13.5. The Morgan fingerprint density at radius 1 is 1.14 bits per heavy atom. The van der Waals surface area contributed by atoms with Gasteiger partial charge in [-0.1, -0.05) is 17.3 Å². The topological polar surface area (TPSA) is 106 Å². The van der Waals surface area contributed by atoms with Gasteiger partial charge in [-0.25, -0.2) is 0 Å². The molecule has 2 heterocycles. The van der Waals surface area contributed by atoms with Crippen molar-refractivity contribution in [2.75, 3.05) is 6.61 Å². The summed E-state index contributed by atoms with van der Waals surface area (Å²) in [6.45, 7) is 3.77. The number of carbonyl (C=O) groups is 2. The molecule has 0 radical (unpaired) electrons. The Balaban J connectivity index is 1.37. The molecule has 8 nitrogen and oxygen atoms in total. The Hall–Kier alpha value is -3.20. The predicted molar refractivity (Wildman–Crippen MR) is 104 cm³/mol. The van der Waals surface area contributed by atoms with Crippen molar-refractivity contribution in [3.63, 3.8) is 0 Å². The van der Waals surface area contributed by atoms with Crippen LogP contribution in [0.2, 0.25) is 0 Å². The minimum Gasteiger partial charge on any atom is -0.484 e. The second kappa shape index (κ2) is 9.14. The van der Waals surface area contributed by atoms with Gasteiger partial charge in [-0.3, -0.25) is 20.4 Å². The van der Waals surface area contributed by atoms with Gasteiger partial charge in [0.25, 0.3) is 5.91 Å². The van der Waals surface area contributed by atoms with Crippen molar-refractivity contribution in [3.8, 4) is 16.5 Å². The quantitative estimate of drug-likeness (QED) is 0.591. The van der Waals surface area contributed by atoms with E-state index in [1.807, 2.05) is 43.5 Å². The Bertz CT molecular complexity index is 953. The van der Waals surface area contributed by atoms with E-state index in [1.165, 1.54) is 11.3 Å². The molecule has 0 atom stereocenters. The molecule has 9 heteroatoms. The molecule has 0 aliphatic carbocycles. The number of benzene rings is 1. The fourth-order valence-corrected chi connectivity index (χ4v) is 2.92. The molecule has 0 saturated carbocycles. The Morgan fingerprint density at radius 2 is 1.96 bits per heavy atom. The molecule has 2 N–H and O–H groups in total. The van der Waals surface area contributed by atoms with Crippen LogP contribution in [0.25, 0.3) is 10.7 Å². The minimum absolute atomic E-state index is 0.102. The van der Waals surface area contributed by atoms with Gasteiger partial charge in [0.1, 0.15) is 5.75 Å². The summed E-state index contributed by atoms with van der Waals surface area (Å²) in [5.41, 5.74) is 6.88. The number of nitrogens with one attached hydrogen (secondary N) is 2. The zero-order valence-corrected chi connectivity index (χ0v) is 16.3. The van der Waals surface area contributed by atoms with Crippen molar-refractivity contribution in [2.45, 2.75) is 26.7 Å². The third-order valence-corrected chi connectivity index (χ3v) is 4.83. The van der Waals surface area contributed by atoms with E-state index in [4.69, 9.17) is 9.26 Å². The summed E-state index contributed by atoms with van der Waals surface area (Å²) in [4.78, 5) is 28.8. The van der Waals surface area contributed by atoms with Gasteiger partial charge in [0.2, 0.25) is 17.6 Å². The molecule has 0 aliphatic rings. The van der Waals surface area contributed by atoms with Crippen LogP contribution in [0.5, 0.6) is 5.75 Å². The van der Waals surface area contributed by atoms with Gasteiger partial charge in [-0.15, -0.1) is 11.3 Å². The van der Waals surface area contributed by atoms with Crippen LogP contribution >= 0.6 is 11.3 Å². The third-order valence-electron chi connectivity index (χ3n) is 3.97. The number of aryl methyl sites for hydroxylation is 3. The van der Waals surface area contributed by atoms with E-state index in [1.54, 1.807) is 6.07 Å². The summed E-state index contributed by atoms with van der Waals surface area (Å²) in [5.74, 6) is 0.646. The van der Waals surface area contributed by atoms with Crippen molar-refractivity contribution < 1.29 is 18.8 Å². The van der Waals surface area contributed by atoms with E-state index in [2.05, 4.69) is 21.0 Å². The first-order valence-electron chi connectivity index (χ1n) is 8.65. The van der Waals surface area contributed by atoms with Gasteiger partial charge < -0.3 is 9.26 Å². The van der Waals surface area contributed by atoms with E-state index in [9.17, 15) is 9.59 Å². The number of carbonyl (C=O) groups excluding carboxylic acids is 2. The molecular formula is C19H20N4O4S. The number of hydrazine groups is 1. The molecule has 28 heavy (non-hydrogen) atoms. The molecule has 146 valence electrons. The van der Waals surface area contributed by atoms with Crippen LogP contribution in [0.4, 0.5) is 0 Å². The molecule has 0 spiro atoms. The van der Waals surface area contributed by atoms with Crippen LogP contribution in [0.3, 0.4) is 0 Å². The first kappa shape index (κ1) is 19.6. The van der Waals surface area contributed by atoms with Crippen molar-refractivity contribution in [2.24, 2.45) is 0 Å². The highest BCUT2D eigenvalue weighted by Crippen LogP contribution is 2.21. The highest BCUT2D eigenvalue weighted by atomic mass is 32.1. The maximum Gasteiger partial charge on any atom is 0.276 e. The molecular weight excluding hydrogens is 380 g/mol. The van der Waals surface area contributed by atoms with Gasteiger partial charge in [0.15, 0.2) is 6.61 Å². The SMILES string of the molecule is Cc1ccc(OCC(=O)NNC(=O)CCc2nc(-c3cccs3)no2)cc1C. The van der Waals surface area contributed by atoms with Crippen LogP contribution in [-0.2, 0) is 16.0 Å². The standard InChI is InChI=1S/C19H20N4O4S/c1-12-5-6-14(10-13(12)2)26-11-17(25)22-21-16(24)7-8-18-20-19(23-27-18)15-4-3-9-28-15/h3-6,9-10H,7-8,11H2,1-2H3,(H,21,24)(H,22,25). The largest absolute Gasteiger partial charge is 0.484 e. The summed E-state index contributed by atoms with van der Waals surface area (Å²) in [6, 6.07) is 9.36. The van der Waals surface area contributed by atoms with E-state index in [-0.39, 0.29) is 25.4 Å². The number of ether oxygens (including phenoxy) is 1. The second-order valence-electron chi connectivity index (χ2n) is 6.12. The predicted octanol–water partition coefficient (Wildman–Crippen LogP) is 2.57. The van der Waals surface area contributed by atoms with Gasteiger partial charge in [-0.05, 0) is 48.6 Å². The van der Waals surface area contributed by atoms with Gasteiger partial charge >= 0.3 is 0 Å². The molecule has 0 aliphatic heterocycles. The average Bonchev–Trinajstić information content (AvgIpc) is 3.37. The van der Waals surface area contributed by atoms with Crippen LogP contribution < -0.4 is 15.6 Å². The molecule has 0 fully saturated rings. The number of nitrogens with zero attached hydrogens (tertiary/aromatic N) is 2. The molecule has 2 amide bonds. The van der Waals surface area contributed by atoms with Gasteiger partial charge in [0.05, 0.1) is 4.88 Å². The zero-order valence-electron chi connectivity index (χ0n) is 15.5. The number of hydrogen-bond donors (Lipinski definition) is 2. The minimum atomic E-state index is -0.454. The summed E-state index contributed by atoms with van der Waals surface area (Å²) >= 11 is 1.51. The molecule has 0 unspecified atom stereocenters. The van der Waals surface area contributed by atoms with E-state index < -0.39 is 5.91 Å². The molecule has 0 bridgehead atoms. The Labute approximate surface area is 165 Å². The van der Waals surface area contributed by atoms with Crippen molar-refractivity contribution in [1.82, 2.24) is 21.0 Å². The van der Waals surface area contributed by atoms with Crippen LogP contribution in [0.15, 0.2) is 40.2 Å². The third kappa shape index (κ3) is 5.40. The summed E-state index contributed by atoms with van der Waals surface area (Å²) < 4.78 is 10.5. The van der Waals surface area contributed by atoms with Crippen LogP contribution in [0.1, 0.15) is 23.4 Å². The van der Waals surface area contributed by atoms with E-state index in [0.29, 0.717) is 17.5 Å². The normalized spacial score (nSPS) is 10.5. The second-order valence-corrected chi connectivity index (χ2v) is 7.07. The maximum absolute atomic E-state index is 11.9. The van der Waals surface area contributed by atoms with Crippen molar-refractivity contribution >= 4 is 23.2 Å². The molecule has 3 aromatic rings. The molecule has 1 aromatic carbocycles. The molecule has 0 saturated heterocycles. The maximum atomic E-state index is 11.9. The first-order valence-corrected chi connectivity index (χ1v) is 9.53. The van der Waals surface area contributed by atoms with Crippen molar-refractivity contribution in [3.05, 3.63) is 52.7 Å². The Morgan fingerprint density at radius 3 is 2.71 bits per heavy atom. The highest BCUT2D eigenvalue weighted by Gasteiger charge is 2.12. The lowest BCUT2D eigenvalue weighted by atomic mass is 10.1. The zero-order chi connectivity index (χ0) is 19.9. The average molecular weight is 400 g/mol. The lowest BCUT2D eigenvalue weighted by molar-refractivity contribution is -0.130. The number of aromatic nitrogens is 2. The number of thiophene rings is 1. The smallest absolute Gasteiger partial charge is 0.276 e. The number of amides is 2. The monoisotopic (exact) mass is 400 g/mol. The molecule has 3 rings (SSSR count). The van der Waals surface area contributed by atoms with Gasteiger partial charge in [0, 0.05) is 12.8 Å². The highest BCUT2D eigenvalue weighted by molar-refractivity contribution is 7.13. The number of rotatable bonds is 7. The van der Waals surface area contributed by atoms with E-state index in [0.717, 1.165) is 16.0 Å². The summed E-state index contributed by atoms with van der Waals surface area (Å²) in [7, 11) is 0. The lowest BCUT2D eigenvalue weighted by Gasteiger charge is -2.09. The van der Waals surface area contributed by atoms with Crippen LogP contribution in [-0.4, -0.2) is 28.6 Å². The van der Waals surface area contributed by atoms with Crippen molar-refractivity contribution in [1.29, 1.82) is 0 Å².